The average molecular weight is 342 g/mol. The molecule has 0 radical (unpaired) electrons. The van der Waals surface area contributed by atoms with Crippen LogP contribution in [-0.2, 0) is 16.0 Å². The number of amides is 2. The lowest BCUT2D eigenvalue weighted by Crippen LogP contribution is -2.42. The summed E-state index contributed by atoms with van der Waals surface area (Å²) < 4.78 is 0. The van der Waals surface area contributed by atoms with Crippen molar-refractivity contribution in [1.29, 1.82) is 0 Å². The molecule has 0 aromatic heterocycles. The van der Waals surface area contributed by atoms with Crippen LogP contribution in [0.3, 0.4) is 0 Å². The Kier molecular flexibility index (Phi) is 5.72. The molecule has 0 aliphatic carbocycles. The molecule has 1 fully saturated rings. The number of carbonyl (C=O) groups excluding carboxylic acids is 2. The van der Waals surface area contributed by atoms with Gasteiger partial charge in [-0.3, -0.25) is 14.9 Å². The normalized spacial score (nSPS) is 21.3. The second kappa shape index (κ2) is 7.35. The number of anilines is 1. The summed E-state index contributed by atoms with van der Waals surface area (Å²) in [5, 5.41) is 9.10. The van der Waals surface area contributed by atoms with Crippen LogP contribution in [-0.4, -0.2) is 29.5 Å². The first-order valence-electron chi connectivity index (χ1n) is 7.17. The first-order chi connectivity index (χ1) is 10.1. The van der Waals surface area contributed by atoms with Gasteiger partial charge < -0.3 is 10.6 Å². The zero-order valence-corrected chi connectivity index (χ0v) is 14.0. The number of benzene rings is 1. The van der Waals surface area contributed by atoms with E-state index >= 15 is 0 Å². The van der Waals surface area contributed by atoms with Crippen molar-refractivity contribution in [1.82, 2.24) is 10.6 Å². The number of aryl methyl sites for hydroxylation is 1. The van der Waals surface area contributed by atoms with E-state index in [9.17, 15) is 9.59 Å². The van der Waals surface area contributed by atoms with E-state index in [1.54, 1.807) is 11.8 Å². The lowest BCUT2D eigenvalue weighted by atomic mass is 9.97. The van der Waals surface area contributed by atoms with Crippen LogP contribution in [0.2, 0.25) is 0 Å². The first kappa shape index (κ1) is 17.1. The van der Waals surface area contributed by atoms with Crippen molar-refractivity contribution in [2.24, 2.45) is 0 Å². The van der Waals surface area contributed by atoms with Crippen LogP contribution in [0.5, 0.6) is 0 Å². The summed E-state index contributed by atoms with van der Waals surface area (Å²) in [7, 11) is 0. The van der Waals surface area contributed by atoms with Gasteiger partial charge in [-0.2, -0.15) is 0 Å². The molecule has 0 bridgehead atoms. The topological polar surface area (TPSA) is 70.2 Å². The lowest BCUT2D eigenvalue weighted by Gasteiger charge is -2.21. The maximum absolute atomic E-state index is 12.1. The van der Waals surface area contributed by atoms with Gasteiger partial charge in [0.2, 0.25) is 11.8 Å². The van der Waals surface area contributed by atoms with Crippen LogP contribution in [0.1, 0.15) is 30.5 Å². The second-order valence-electron chi connectivity index (χ2n) is 5.47. The van der Waals surface area contributed by atoms with Crippen LogP contribution in [0, 0.1) is 0 Å². The number of thioether (sulfide) groups is 1. The minimum Gasteiger partial charge on any atom is -0.348 e. The van der Waals surface area contributed by atoms with Gasteiger partial charge in [0.15, 0.2) is 0 Å². The third-order valence-electron chi connectivity index (χ3n) is 3.92. The van der Waals surface area contributed by atoms with Gasteiger partial charge in [0, 0.05) is 23.7 Å². The summed E-state index contributed by atoms with van der Waals surface area (Å²) >= 11 is 1.74. The van der Waals surface area contributed by atoms with E-state index in [0.717, 1.165) is 34.9 Å². The summed E-state index contributed by atoms with van der Waals surface area (Å²) in [5.74, 6) is 1.79. The van der Waals surface area contributed by atoms with Gasteiger partial charge in [-0.1, -0.05) is 12.1 Å². The number of fused-ring (bicyclic) bond motifs is 1. The summed E-state index contributed by atoms with van der Waals surface area (Å²) in [6.45, 7) is 1.99. The highest BCUT2D eigenvalue weighted by Gasteiger charge is 2.24. The van der Waals surface area contributed by atoms with Crippen LogP contribution >= 0.6 is 24.2 Å². The van der Waals surface area contributed by atoms with E-state index in [0.29, 0.717) is 6.42 Å². The SMILES string of the molecule is CC(NC(=O)C1CSCN1)c1ccc2c(c1)CCC(=O)N2.Cl. The lowest BCUT2D eigenvalue weighted by molar-refractivity contribution is -0.123. The van der Waals surface area contributed by atoms with E-state index in [-0.39, 0.29) is 36.3 Å². The second-order valence-corrected chi connectivity index (χ2v) is 6.50. The van der Waals surface area contributed by atoms with Crippen LogP contribution in [0.25, 0.3) is 0 Å². The standard InChI is InChI=1S/C15H19N3O2S.ClH/c1-9(17-15(20)13-7-21-8-16-13)10-2-4-12-11(6-10)3-5-14(19)18-12;/h2,4,6,9,13,16H,3,5,7-8H2,1H3,(H,17,20)(H,18,19);1H. The number of rotatable bonds is 3. The van der Waals surface area contributed by atoms with Crippen molar-refractivity contribution >= 4 is 41.7 Å². The molecule has 1 aromatic carbocycles. The van der Waals surface area contributed by atoms with Gasteiger partial charge in [0.1, 0.15) is 0 Å². The number of hydrogen-bond acceptors (Lipinski definition) is 4. The molecule has 0 saturated carbocycles. The molecule has 3 N–H and O–H groups in total. The number of hydrogen-bond donors (Lipinski definition) is 3. The molecule has 0 spiro atoms. The Morgan fingerprint density at radius 1 is 1.41 bits per heavy atom. The van der Waals surface area contributed by atoms with Crippen molar-refractivity contribution < 1.29 is 9.59 Å². The Hall–Kier alpha value is -1.24. The Bertz CT molecular complexity index is 576. The molecule has 22 heavy (non-hydrogen) atoms. The van der Waals surface area contributed by atoms with E-state index < -0.39 is 0 Å². The fourth-order valence-electron chi connectivity index (χ4n) is 2.63. The summed E-state index contributed by atoms with van der Waals surface area (Å²) in [6.07, 6.45) is 1.29. The molecule has 2 aliphatic heterocycles. The zero-order chi connectivity index (χ0) is 14.8. The monoisotopic (exact) mass is 341 g/mol. The minimum atomic E-state index is -0.0886. The van der Waals surface area contributed by atoms with E-state index in [2.05, 4.69) is 22.0 Å². The Balaban J connectivity index is 0.00000176. The molecular formula is C15H20ClN3O2S. The molecular weight excluding hydrogens is 322 g/mol. The predicted molar refractivity (Wildman–Crippen MR) is 91.4 cm³/mol. The average Bonchev–Trinajstić information content (AvgIpc) is 3.01. The molecule has 1 saturated heterocycles. The Morgan fingerprint density at radius 3 is 2.95 bits per heavy atom. The summed E-state index contributed by atoms with van der Waals surface area (Å²) in [6, 6.07) is 5.85. The number of halogens is 1. The molecule has 2 amide bonds. The smallest absolute Gasteiger partial charge is 0.238 e. The number of nitrogens with one attached hydrogen (secondary N) is 3. The summed E-state index contributed by atoms with van der Waals surface area (Å²) in [4.78, 5) is 23.5. The van der Waals surface area contributed by atoms with E-state index in [1.165, 1.54) is 0 Å². The van der Waals surface area contributed by atoms with Crippen molar-refractivity contribution in [3.05, 3.63) is 29.3 Å². The fourth-order valence-corrected chi connectivity index (χ4v) is 3.58. The van der Waals surface area contributed by atoms with Gasteiger partial charge in [-0.25, -0.2) is 0 Å². The Labute approximate surface area is 140 Å². The number of carbonyl (C=O) groups is 2. The molecule has 1 aromatic rings. The molecule has 120 valence electrons. The predicted octanol–water partition coefficient (Wildman–Crippen LogP) is 1.83. The first-order valence-corrected chi connectivity index (χ1v) is 8.33. The van der Waals surface area contributed by atoms with Gasteiger partial charge in [-0.15, -0.1) is 24.2 Å². The molecule has 7 heteroatoms. The van der Waals surface area contributed by atoms with Gasteiger partial charge in [-0.05, 0) is 30.5 Å². The van der Waals surface area contributed by atoms with Crippen molar-refractivity contribution in [2.45, 2.75) is 31.8 Å². The molecule has 3 rings (SSSR count). The van der Waals surface area contributed by atoms with Crippen molar-refractivity contribution in [3.63, 3.8) is 0 Å². The molecule has 2 heterocycles. The molecule has 2 aliphatic rings. The largest absolute Gasteiger partial charge is 0.348 e. The minimum absolute atomic E-state index is 0. The quantitative estimate of drug-likeness (QED) is 0.784. The molecule has 2 atom stereocenters. The highest BCUT2D eigenvalue weighted by atomic mass is 35.5. The van der Waals surface area contributed by atoms with Crippen LogP contribution in [0.15, 0.2) is 18.2 Å². The van der Waals surface area contributed by atoms with Gasteiger partial charge >= 0.3 is 0 Å². The third kappa shape index (κ3) is 3.74. The highest BCUT2D eigenvalue weighted by Crippen LogP contribution is 2.26. The van der Waals surface area contributed by atoms with Gasteiger partial charge in [0.05, 0.1) is 12.1 Å². The third-order valence-corrected chi connectivity index (χ3v) is 4.86. The summed E-state index contributed by atoms with van der Waals surface area (Å²) in [5.41, 5.74) is 3.11. The molecule has 2 unspecified atom stereocenters. The highest BCUT2D eigenvalue weighted by molar-refractivity contribution is 7.99. The maximum atomic E-state index is 12.1. The van der Waals surface area contributed by atoms with Gasteiger partial charge in [0.25, 0.3) is 0 Å². The van der Waals surface area contributed by atoms with Crippen molar-refractivity contribution in [2.75, 3.05) is 16.9 Å². The fraction of sp³-hybridized carbons (Fsp3) is 0.467. The zero-order valence-electron chi connectivity index (χ0n) is 12.3. The van der Waals surface area contributed by atoms with E-state index in [4.69, 9.17) is 0 Å². The van der Waals surface area contributed by atoms with E-state index in [1.807, 2.05) is 19.1 Å². The van der Waals surface area contributed by atoms with Crippen LogP contribution < -0.4 is 16.0 Å². The van der Waals surface area contributed by atoms with Crippen molar-refractivity contribution in [3.8, 4) is 0 Å². The van der Waals surface area contributed by atoms with Crippen LogP contribution in [0.4, 0.5) is 5.69 Å². The Morgan fingerprint density at radius 2 is 2.23 bits per heavy atom. The molecule has 5 nitrogen and oxygen atoms in total. The maximum Gasteiger partial charge on any atom is 0.238 e.